The van der Waals surface area contributed by atoms with Crippen LogP contribution >= 0.6 is 0 Å². The van der Waals surface area contributed by atoms with Crippen molar-refractivity contribution >= 4 is 17.5 Å². The number of carbonyl (C=O) groups is 1. The van der Waals surface area contributed by atoms with Crippen molar-refractivity contribution in [2.45, 2.75) is 39.2 Å². The van der Waals surface area contributed by atoms with E-state index in [-0.39, 0.29) is 5.69 Å². The van der Waals surface area contributed by atoms with Gasteiger partial charge in [-0.25, -0.2) is 9.78 Å². The molecule has 110 valence electrons. The van der Waals surface area contributed by atoms with E-state index in [1.54, 1.807) is 12.1 Å². The number of nitrogen functional groups attached to an aromatic ring is 1. The summed E-state index contributed by atoms with van der Waals surface area (Å²) in [6, 6.07) is 3.63. The van der Waals surface area contributed by atoms with Crippen molar-refractivity contribution in [1.29, 1.82) is 0 Å². The van der Waals surface area contributed by atoms with Gasteiger partial charge in [0, 0.05) is 6.04 Å². The van der Waals surface area contributed by atoms with Crippen molar-refractivity contribution in [1.82, 2.24) is 4.98 Å². The quantitative estimate of drug-likeness (QED) is 0.831. The van der Waals surface area contributed by atoms with Crippen LogP contribution in [0.2, 0.25) is 0 Å². The number of anilines is 2. The molecule has 0 radical (unpaired) electrons. The van der Waals surface area contributed by atoms with Gasteiger partial charge in [0.2, 0.25) is 0 Å². The van der Waals surface area contributed by atoms with Crippen LogP contribution in [0.25, 0.3) is 0 Å². The van der Waals surface area contributed by atoms with E-state index in [0.29, 0.717) is 29.4 Å². The van der Waals surface area contributed by atoms with Crippen LogP contribution in [0.1, 0.15) is 43.6 Å². The van der Waals surface area contributed by atoms with Crippen LogP contribution in [0, 0.1) is 11.8 Å². The molecular weight excluding hydrogens is 254 g/mol. The summed E-state index contributed by atoms with van der Waals surface area (Å²) in [7, 11) is 1.35. The second-order valence-corrected chi connectivity index (χ2v) is 5.88. The summed E-state index contributed by atoms with van der Waals surface area (Å²) in [6.45, 7) is 4.54. The van der Waals surface area contributed by atoms with E-state index in [4.69, 9.17) is 5.73 Å². The Balaban J connectivity index is 2.13. The fourth-order valence-corrected chi connectivity index (χ4v) is 3.06. The fraction of sp³-hybridized carbons (Fsp3) is 0.600. The van der Waals surface area contributed by atoms with E-state index in [2.05, 4.69) is 28.9 Å². The van der Waals surface area contributed by atoms with Crippen molar-refractivity contribution in [3.8, 4) is 0 Å². The van der Waals surface area contributed by atoms with Crippen LogP contribution in [0.15, 0.2) is 12.1 Å². The van der Waals surface area contributed by atoms with Crippen molar-refractivity contribution in [3.63, 3.8) is 0 Å². The van der Waals surface area contributed by atoms with Crippen molar-refractivity contribution in [2.75, 3.05) is 18.2 Å². The molecule has 2 rings (SSSR count). The van der Waals surface area contributed by atoms with Crippen molar-refractivity contribution < 1.29 is 9.53 Å². The van der Waals surface area contributed by atoms with E-state index in [9.17, 15) is 4.79 Å². The molecule has 0 spiro atoms. The number of esters is 1. The lowest BCUT2D eigenvalue weighted by atomic mass is 9.80. The Hall–Kier alpha value is -1.78. The molecule has 1 aliphatic rings. The minimum atomic E-state index is -0.446. The van der Waals surface area contributed by atoms with Gasteiger partial charge in [0.05, 0.1) is 12.8 Å². The fourth-order valence-electron chi connectivity index (χ4n) is 3.06. The first-order valence-electron chi connectivity index (χ1n) is 7.11. The monoisotopic (exact) mass is 277 g/mol. The first kappa shape index (κ1) is 14.6. The molecule has 0 aromatic carbocycles. The van der Waals surface area contributed by atoms with Gasteiger partial charge < -0.3 is 15.8 Å². The number of rotatable bonds is 3. The largest absolute Gasteiger partial charge is 0.464 e. The number of ether oxygens (including phenoxy) is 1. The molecule has 20 heavy (non-hydrogen) atoms. The van der Waals surface area contributed by atoms with Crippen LogP contribution in [0.4, 0.5) is 11.5 Å². The Kier molecular flexibility index (Phi) is 4.47. The van der Waals surface area contributed by atoms with Crippen LogP contribution in [0.5, 0.6) is 0 Å². The molecule has 1 aromatic heterocycles. The van der Waals surface area contributed by atoms with E-state index in [0.717, 1.165) is 12.8 Å². The normalized spacial score (nSPS) is 26.1. The van der Waals surface area contributed by atoms with E-state index >= 15 is 0 Å². The third-order valence-corrected chi connectivity index (χ3v) is 3.84. The lowest BCUT2D eigenvalue weighted by molar-refractivity contribution is 0.0594. The minimum Gasteiger partial charge on any atom is -0.464 e. The molecule has 2 unspecified atom stereocenters. The molecular formula is C15H23N3O2. The Labute approximate surface area is 119 Å². The summed E-state index contributed by atoms with van der Waals surface area (Å²) < 4.78 is 4.69. The maximum Gasteiger partial charge on any atom is 0.356 e. The Morgan fingerprint density at radius 1 is 1.30 bits per heavy atom. The lowest BCUT2D eigenvalue weighted by Crippen LogP contribution is -2.31. The highest BCUT2D eigenvalue weighted by Gasteiger charge is 2.24. The van der Waals surface area contributed by atoms with Crippen LogP contribution < -0.4 is 11.1 Å². The van der Waals surface area contributed by atoms with Gasteiger partial charge in [-0.15, -0.1) is 0 Å². The Morgan fingerprint density at radius 3 is 2.55 bits per heavy atom. The summed E-state index contributed by atoms with van der Waals surface area (Å²) >= 11 is 0. The molecule has 2 atom stereocenters. The number of aromatic nitrogens is 1. The third-order valence-electron chi connectivity index (χ3n) is 3.84. The summed E-state index contributed by atoms with van der Waals surface area (Å²) in [6.07, 6.45) is 3.48. The number of nitrogens with one attached hydrogen (secondary N) is 1. The smallest absolute Gasteiger partial charge is 0.356 e. The molecule has 3 N–H and O–H groups in total. The number of hydrogen-bond acceptors (Lipinski definition) is 5. The molecule has 1 heterocycles. The number of carbonyl (C=O) groups excluding carboxylic acids is 1. The first-order valence-corrected chi connectivity index (χ1v) is 7.11. The van der Waals surface area contributed by atoms with Gasteiger partial charge in [-0.1, -0.05) is 13.8 Å². The van der Waals surface area contributed by atoms with Crippen molar-refractivity contribution in [3.05, 3.63) is 17.8 Å². The van der Waals surface area contributed by atoms with Gasteiger partial charge in [-0.3, -0.25) is 0 Å². The average molecular weight is 277 g/mol. The average Bonchev–Trinajstić information content (AvgIpc) is 2.39. The van der Waals surface area contributed by atoms with Gasteiger partial charge in [0.1, 0.15) is 5.82 Å². The number of pyridine rings is 1. The summed E-state index contributed by atoms with van der Waals surface area (Å²) in [5.74, 6) is 1.53. The number of nitrogens with zero attached hydrogens (tertiary/aromatic N) is 1. The predicted molar refractivity (Wildman–Crippen MR) is 79.6 cm³/mol. The molecule has 1 saturated carbocycles. The highest BCUT2D eigenvalue weighted by molar-refractivity contribution is 5.88. The second-order valence-electron chi connectivity index (χ2n) is 5.88. The lowest BCUT2D eigenvalue weighted by Gasteiger charge is -2.32. The molecule has 1 aromatic rings. The van der Waals surface area contributed by atoms with E-state index in [1.165, 1.54) is 13.5 Å². The van der Waals surface area contributed by atoms with Gasteiger partial charge in [-0.05, 0) is 43.2 Å². The number of nitrogens with two attached hydrogens (primary N) is 1. The number of methoxy groups -OCH3 is 1. The Bertz CT molecular complexity index is 480. The second kappa shape index (κ2) is 6.11. The van der Waals surface area contributed by atoms with Gasteiger partial charge in [-0.2, -0.15) is 0 Å². The van der Waals surface area contributed by atoms with E-state index in [1.807, 2.05) is 0 Å². The van der Waals surface area contributed by atoms with Gasteiger partial charge >= 0.3 is 5.97 Å². The summed E-state index contributed by atoms with van der Waals surface area (Å²) in [5, 5.41) is 3.39. The first-order chi connectivity index (χ1) is 9.49. The van der Waals surface area contributed by atoms with E-state index < -0.39 is 5.97 Å². The zero-order chi connectivity index (χ0) is 14.7. The zero-order valence-electron chi connectivity index (χ0n) is 12.3. The molecule has 5 heteroatoms. The zero-order valence-corrected chi connectivity index (χ0v) is 12.3. The highest BCUT2D eigenvalue weighted by Crippen LogP contribution is 2.31. The molecule has 1 aliphatic carbocycles. The molecule has 0 aliphatic heterocycles. The number of hydrogen-bond donors (Lipinski definition) is 2. The molecule has 5 nitrogen and oxygen atoms in total. The standard InChI is InChI=1S/C15H23N3O2/c1-9-6-10(2)8-11(7-9)17-14-12(16)4-5-13(18-14)15(19)20-3/h4-5,9-11H,6-8,16H2,1-3H3,(H,17,18). The van der Waals surface area contributed by atoms with Crippen molar-refractivity contribution in [2.24, 2.45) is 11.8 Å². The maximum atomic E-state index is 11.5. The summed E-state index contributed by atoms with van der Waals surface area (Å²) in [4.78, 5) is 15.8. The predicted octanol–water partition coefficient (Wildman–Crippen LogP) is 2.69. The third kappa shape index (κ3) is 3.40. The maximum absolute atomic E-state index is 11.5. The highest BCUT2D eigenvalue weighted by atomic mass is 16.5. The summed E-state index contributed by atoms with van der Waals surface area (Å²) in [5.41, 5.74) is 6.78. The van der Waals surface area contributed by atoms with Gasteiger partial charge in [0.25, 0.3) is 0 Å². The SMILES string of the molecule is COC(=O)c1ccc(N)c(NC2CC(C)CC(C)C2)n1. The molecule has 0 amide bonds. The molecule has 0 bridgehead atoms. The van der Waals surface area contributed by atoms with Crippen LogP contribution in [0.3, 0.4) is 0 Å². The van der Waals surface area contributed by atoms with Crippen LogP contribution in [-0.2, 0) is 4.74 Å². The Morgan fingerprint density at radius 2 is 1.95 bits per heavy atom. The minimum absolute atomic E-state index is 0.279. The molecule has 0 saturated heterocycles. The topological polar surface area (TPSA) is 77.2 Å². The van der Waals surface area contributed by atoms with Crippen LogP contribution in [-0.4, -0.2) is 24.1 Å². The van der Waals surface area contributed by atoms with Gasteiger partial charge in [0.15, 0.2) is 5.69 Å². The molecule has 1 fully saturated rings.